The zero-order valence-electron chi connectivity index (χ0n) is 14.5. The van der Waals surface area contributed by atoms with E-state index in [0.717, 1.165) is 35.2 Å². The lowest BCUT2D eigenvalue weighted by atomic mass is 9.97. The average molecular weight is 416 g/mol. The Morgan fingerprint density at radius 1 is 1.04 bits per heavy atom. The van der Waals surface area contributed by atoms with Gasteiger partial charge >= 0.3 is 0 Å². The molecule has 2 aromatic carbocycles. The molecule has 0 aliphatic carbocycles. The van der Waals surface area contributed by atoms with Crippen LogP contribution in [-0.4, -0.2) is 36.3 Å². The SMILES string of the molecule is O=C(CN1CCC[C@@H](C(=O)Nc2ccccc2)C1)Nc1cccc(Br)c1. The minimum atomic E-state index is -0.0948. The maximum absolute atomic E-state index is 12.5. The highest BCUT2D eigenvalue weighted by Crippen LogP contribution is 2.19. The van der Waals surface area contributed by atoms with Crippen molar-refractivity contribution >= 4 is 39.1 Å². The number of carbonyl (C=O) groups excluding carboxylic acids is 2. The molecule has 1 atom stereocenters. The molecule has 0 radical (unpaired) electrons. The molecule has 0 spiro atoms. The van der Waals surface area contributed by atoms with E-state index in [4.69, 9.17) is 0 Å². The highest BCUT2D eigenvalue weighted by molar-refractivity contribution is 9.10. The fourth-order valence-corrected chi connectivity index (χ4v) is 3.55. The molecule has 2 N–H and O–H groups in total. The number of likely N-dealkylation sites (tertiary alicyclic amines) is 1. The number of nitrogens with one attached hydrogen (secondary N) is 2. The van der Waals surface area contributed by atoms with Crippen LogP contribution in [0.1, 0.15) is 12.8 Å². The summed E-state index contributed by atoms with van der Waals surface area (Å²) in [7, 11) is 0. The van der Waals surface area contributed by atoms with Crippen LogP contribution in [0.15, 0.2) is 59.1 Å². The molecule has 1 aliphatic heterocycles. The molecule has 26 heavy (non-hydrogen) atoms. The van der Waals surface area contributed by atoms with Gasteiger partial charge in [-0.2, -0.15) is 0 Å². The van der Waals surface area contributed by atoms with Crippen molar-refractivity contribution in [2.75, 3.05) is 30.3 Å². The third-order valence-electron chi connectivity index (χ3n) is 4.39. The molecule has 6 heteroatoms. The number of piperidine rings is 1. The van der Waals surface area contributed by atoms with Crippen molar-refractivity contribution in [1.29, 1.82) is 0 Å². The van der Waals surface area contributed by atoms with Crippen molar-refractivity contribution in [2.45, 2.75) is 12.8 Å². The minimum absolute atomic E-state index is 0.0216. The summed E-state index contributed by atoms with van der Waals surface area (Å²) in [5.41, 5.74) is 1.57. The predicted molar refractivity (Wildman–Crippen MR) is 107 cm³/mol. The molecular weight excluding hydrogens is 394 g/mol. The summed E-state index contributed by atoms with van der Waals surface area (Å²) < 4.78 is 0.922. The van der Waals surface area contributed by atoms with Crippen molar-refractivity contribution in [1.82, 2.24) is 4.90 Å². The molecule has 1 aliphatic rings. The maximum Gasteiger partial charge on any atom is 0.238 e. The van der Waals surface area contributed by atoms with Crippen LogP contribution in [0.2, 0.25) is 0 Å². The standard InChI is InChI=1S/C20H22BrN3O2/c21-16-7-4-10-18(12-16)22-19(25)14-24-11-5-6-15(13-24)20(26)23-17-8-2-1-3-9-17/h1-4,7-10,12,15H,5-6,11,13-14H2,(H,22,25)(H,23,26)/t15-/m1/s1. The van der Waals surface area contributed by atoms with E-state index in [9.17, 15) is 9.59 Å². The number of amides is 2. The first-order valence-electron chi connectivity index (χ1n) is 8.74. The zero-order chi connectivity index (χ0) is 18.4. The van der Waals surface area contributed by atoms with Crippen LogP contribution in [-0.2, 0) is 9.59 Å². The third kappa shape index (κ3) is 5.41. The molecule has 2 aromatic rings. The van der Waals surface area contributed by atoms with E-state index in [1.54, 1.807) is 0 Å². The van der Waals surface area contributed by atoms with Crippen molar-refractivity contribution in [2.24, 2.45) is 5.92 Å². The maximum atomic E-state index is 12.5. The number of carbonyl (C=O) groups is 2. The number of hydrogen-bond acceptors (Lipinski definition) is 3. The Kier molecular flexibility index (Phi) is 6.41. The van der Waals surface area contributed by atoms with Gasteiger partial charge in [0.25, 0.3) is 0 Å². The van der Waals surface area contributed by atoms with E-state index in [2.05, 4.69) is 26.6 Å². The van der Waals surface area contributed by atoms with Gasteiger partial charge in [-0.25, -0.2) is 0 Å². The summed E-state index contributed by atoms with van der Waals surface area (Å²) in [5.74, 6) is -0.136. The number of anilines is 2. The number of rotatable bonds is 5. The highest BCUT2D eigenvalue weighted by Gasteiger charge is 2.26. The number of para-hydroxylation sites is 1. The summed E-state index contributed by atoms with van der Waals surface area (Å²) in [6.45, 7) is 1.73. The van der Waals surface area contributed by atoms with Crippen LogP contribution in [0.25, 0.3) is 0 Å². The van der Waals surface area contributed by atoms with Crippen LogP contribution in [0.3, 0.4) is 0 Å². The van der Waals surface area contributed by atoms with Gasteiger partial charge in [-0.3, -0.25) is 14.5 Å². The molecule has 2 amide bonds. The molecule has 0 aromatic heterocycles. The van der Waals surface area contributed by atoms with Crippen LogP contribution < -0.4 is 10.6 Å². The lowest BCUT2D eigenvalue weighted by Gasteiger charge is -2.31. The lowest BCUT2D eigenvalue weighted by Crippen LogP contribution is -2.43. The molecule has 136 valence electrons. The average Bonchev–Trinajstić information content (AvgIpc) is 2.62. The second kappa shape index (κ2) is 8.96. The van der Waals surface area contributed by atoms with E-state index >= 15 is 0 Å². The highest BCUT2D eigenvalue weighted by atomic mass is 79.9. The Bertz CT molecular complexity index is 767. The number of halogens is 1. The normalized spacial score (nSPS) is 17.5. The summed E-state index contributed by atoms with van der Waals surface area (Å²) >= 11 is 3.40. The largest absolute Gasteiger partial charge is 0.326 e. The van der Waals surface area contributed by atoms with Gasteiger partial charge in [-0.1, -0.05) is 40.2 Å². The molecule has 0 unspecified atom stereocenters. The quantitative estimate of drug-likeness (QED) is 0.781. The molecule has 1 saturated heterocycles. The van der Waals surface area contributed by atoms with Crippen LogP contribution >= 0.6 is 15.9 Å². The molecule has 1 fully saturated rings. The van der Waals surface area contributed by atoms with E-state index in [1.807, 2.05) is 59.5 Å². The topological polar surface area (TPSA) is 61.4 Å². The Balaban J connectivity index is 1.51. The molecule has 3 rings (SSSR count). The number of benzene rings is 2. The smallest absolute Gasteiger partial charge is 0.238 e. The first-order chi connectivity index (χ1) is 12.6. The van der Waals surface area contributed by atoms with Gasteiger partial charge < -0.3 is 10.6 Å². The number of nitrogens with zero attached hydrogens (tertiary/aromatic N) is 1. The Hall–Kier alpha value is -2.18. The summed E-state index contributed by atoms with van der Waals surface area (Å²) in [5, 5.41) is 5.86. The van der Waals surface area contributed by atoms with Gasteiger partial charge in [-0.15, -0.1) is 0 Å². The van der Waals surface area contributed by atoms with Gasteiger partial charge in [0.2, 0.25) is 11.8 Å². The minimum Gasteiger partial charge on any atom is -0.326 e. The summed E-state index contributed by atoms with van der Waals surface area (Å²) in [4.78, 5) is 26.8. The van der Waals surface area contributed by atoms with Crippen molar-refractivity contribution in [3.05, 3.63) is 59.1 Å². The molecule has 0 saturated carbocycles. The van der Waals surface area contributed by atoms with Crippen LogP contribution in [0.5, 0.6) is 0 Å². The fourth-order valence-electron chi connectivity index (χ4n) is 3.15. The third-order valence-corrected chi connectivity index (χ3v) is 4.89. The summed E-state index contributed by atoms with van der Waals surface area (Å²) in [6.07, 6.45) is 1.76. The van der Waals surface area contributed by atoms with E-state index < -0.39 is 0 Å². The molecular formula is C20H22BrN3O2. The van der Waals surface area contributed by atoms with Gasteiger partial charge in [0, 0.05) is 22.4 Å². The van der Waals surface area contributed by atoms with Crippen molar-refractivity contribution in [3.63, 3.8) is 0 Å². The number of hydrogen-bond donors (Lipinski definition) is 2. The van der Waals surface area contributed by atoms with Crippen LogP contribution in [0.4, 0.5) is 11.4 Å². The van der Waals surface area contributed by atoms with Gasteiger partial charge in [0.15, 0.2) is 0 Å². The summed E-state index contributed by atoms with van der Waals surface area (Å²) in [6, 6.07) is 17.0. The Morgan fingerprint density at radius 2 is 1.81 bits per heavy atom. The fraction of sp³-hybridized carbons (Fsp3) is 0.300. The van der Waals surface area contributed by atoms with E-state index in [0.29, 0.717) is 13.1 Å². The Labute approximate surface area is 161 Å². The van der Waals surface area contributed by atoms with Crippen molar-refractivity contribution < 1.29 is 9.59 Å². The first-order valence-corrected chi connectivity index (χ1v) is 9.53. The zero-order valence-corrected chi connectivity index (χ0v) is 16.0. The van der Waals surface area contributed by atoms with E-state index in [1.165, 1.54) is 0 Å². The Morgan fingerprint density at radius 3 is 2.58 bits per heavy atom. The van der Waals surface area contributed by atoms with Crippen LogP contribution in [0, 0.1) is 5.92 Å². The van der Waals surface area contributed by atoms with E-state index in [-0.39, 0.29) is 17.7 Å². The lowest BCUT2D eigenvalue weighted by molar-refractivity contribution is -0.123. The molecule has 1 heterocycles. The molecule has 0 bridgehead atoms. The second-order valence-electron chi connectivity index (χ2n) is 6.49. The van der Waals surface area contributed by atoms with Gasteiger partial charge in [-0.05, 0) is 49.7 Å². The van der Waals surface area contributed by atoms with Crippen molar-refractivity contribution in [3.8, 4) is 0 Å². The first kappa shape index (κ1) is 18.6. The monoisotopic (exact) mass is 415 g/mol. The predicted octanol–water partition coefficient (Wildman–Crippen LogP) is 3.74. The molecule has 5 nitrogen and oxygen atoms in total. The van der Waals surface area contributed by atoms with Gasteiger partial charge in [0.05, 0.1) is 12.5 Å². The van der Waals surface area contributed by atoms with Gasteiger partial charge in [0.1, 0.15) is 0 Å². The second-order valence-corrected chi connectivity index (χ2v) is 7.40.